The van der Waals surface area contributed by atoms with Gasteiger partial charge in [0.25, 0.3) is 5.91 Å². The fourth-order valence-corrected chi connectivity index (χ4v) is 4.15. The van der Waals surface area contributed by atoms with Crippen molar-refractivity contribution in [3.05, 3.63) is 47.3 Å². The van der Waals surface area contributed by atoms with Gasteiger partial charge in [-0.2, -0.15) is 5.10 Å². The van der Waals surface area contributed by atoms with Crippen molar-refractivity contribution in [1.82, 2.24) is 14.7 Å². The van der Waals surface area contributed by atoms with E-state index in [0.717, 1.165) is 56.7 Å². The van der Waals surface area contributed by atoms with Crippen LogP contribution < -0.4 is 4.90 Å². The SMILES string of the molecule is Cc1ccccc1N1CCN(C(=O)c2cnn3c2CCCC3)[C@H](C)C1. The first-order valence-corrected chi connectivity index (χ1v) is 9.31. The number of carbonyl (C=O) groups is 1. The molecule has 25 heavy (non-hydrogen) atoms. The molecule has 0 unspecified atom stereocenters. The van der Waals surface area contributed by atoms with Crippen LogP contribution >= 0.6 is 0 Å². The predicted molar refractivity (Wildman–Crippen MR) is 99.1 cm³/mol. The Morgan fingerprint density at radius 1 is 1.16 bits per heavy atom. The van der Waals surface area contributed by atoms with E-state index in [1.54, 1.807) is 6.20 Å². The summed E-state index contributed by atoms with van der Waals surface area (Å²) in [5, 5.41) is 4.43. The molecule has 1 saturated heterocycles. The van der Waals surface area contributed by atoms with Gasteiger partial charge in [0.15, 0.2) is 0 Å². The Labute approximate surface area is 149 Å². The highest BCUT2D eigenvalue weighted by Crippen LogP contribution is 2.25. The predicted octanol–water partition coefficient (Wildman–Crippen LogP) is 2.88. The summed E-state index contributed by atoms with van der Waals surface area (Å²) in [5.74, 6) is 0.153. The van der Waals surface area contributed by atoms with Gasteiger partial charge < -0.3 is 9.80 Å². The van der Waals surface area contributed by atoms with E-state index in [1.807, 2.05) is 9.58 Å². The normalized spacial score (nSPS) is 20.5. The van der Waals surface area contributed by atoms with Crippen molar-refractivity contribution in [2.45, 2.75) is 45.7 Å². The Morgan fingerprint density at radius 3 is 2.80 bits per heavy atom. The molecule has 132 valence electrons. The molecule has 0 saturated carbocycles. The first kappa shape index (κ1) is 16.2. The molecule has 1 atom stereocenters. The van der Waals surface area contributed by atoms with Crippen molar-refractivity contribution >= 4 is 11.6 Å². The third-order valence-corrected chi connectivity index (χ3v) is 5.56. The van der Waals surface area contributed by atoms with Gasteiger partial charge in [-0.15, -0.1) is 0 Å². The molecule has 1 aromatic heterocycles. The fraction of sp³-hybridized carbons (Fsp3) is 0.500. The summed E-state index contributed by atoms with van der Waals surface area (Å²) in [6, 6.07) is 8.68. The van der Waals surface area contributed by atoms with Crippen LogP contribution in [0.1, 0.15) is 41.4 Å². The zero-order chi connectivity index (χ0) is 17.4. The third-order valence-electron chi connectivity index (χ3n) is 5.56. The molecule has 5 heteroatoms. The van der Waals surface area contributed by atoms with Gasteiger partial charge in [-0.25, -0.2) is 0 Å². The zero-order valence-electron chi connectivity index (χ0n) is 15.1. The first-order chi connectivity index (χ1) is 12.1. The highest BCUT2D eigenvalue weighted by molar-refractivity contribution is 5.95. The number of amides is 1. The third kappa shape index (κ3) is 2.92. The summed E-state index contributed by atoms with van der Waals surface area (Å²) in [6.07, 6.45) is 5.07. The Kier molecular flexibility index (Phi) is 4.24. The second-order valence-electron chi connectivity index (χ2n) is 7.27. The number of benzene rings is 1. The highest BCUT2D eigenvalue weighted by atomic mass is 16.2. The topological polar surface area (TPSA) is 41.4 Å². The molecule has 5 nitrogen and oxygen atoms in total. The van der Waals surface area contributed by atoms with Crippen molar-refractivity contribution in [1.29, 1.82) is 0 Å². The maximum absolute atomic E-state index is 13.1. The minimum atomic E-state index is 0.153. The van der Waals surface area contributed by atoms with E-state index in [2.05, 4.69) is 48.1 Å². The van der Waals surface area contributed by atoms with Crippen LogP contribution in [0.5, 0.6) is 0 Å². The van der Waals surface area contributed by atoms with Crippen molar-refractivity contribution in [2.75, 3.05) is 24.5 Å². The van der Waals surface area contributed by atoms with Crippen LogP contribution in [0.15, 0.2) is 30.5 Å². The number of aromatic nitrogens is 2. The van der Waals surface area contributed by atoms with Crippen LogP contribution in [0.25, 0.3) is 0 Å². The number of para-hydroxylation sites is 1. The van der Waals surface area contributed by atoms with Crippen molar-refractivity contribution in [2.24, 2.45) is 0 Å². The molecule has 3 heterocycles. The van der Waals surface area contributed by atoms with Crippen molar-refractivity contribution in [3.63, 3.8) is 0 Å². The summed E-state index contributed by atoms with van der Waals surface area (Å²) in [7, 11) is 0. The summed E-state index contributed by atoms with van der Waals surface area (Å²) in [5.41, 5.74) is 4.52. The van der Waals surface area contributed by atoms with Crippen LogP contribution in [-0.2, 0) is 13.0 Å². The number of anilines is 1. The van der Waals surface area contributed by atoms with E-state index in [0.29, 0.717) is 0 Å². The van der Waals surface area contributed by atoms with Crippen molar-refractivity contribution < 1.29 is 4.79 Å². The Bertz CT molecular complexity index is 782. The molecular formula is C20H26N4O. The molecule has 0 N–H and O–H groups in total. The van der Waals surface area contributed by atoms with Crippen LogP contribution in [0.3, 0.4) is 0 Å². The molecule has 1 aromatic carbocycles. The molecule has 0 aliphatic carbocycles. The minimum absolute atomic E-state index is 0.153. The Balaban J connectivity index is 1.51. The van der Waals surface area contributed by atoms with Gasteiger partial charge in [0, 0.05) is 37.9 Å². The maximum Gasteiger partial charge on any atom is 0.257 e. The molecule has 2 aliphatic heterocycles. The second kappa shape index (κ2) is 6.54. The van der Waals surface area contributed by atoms with Gasteiger partial charge >= 0.3 is 0 Å². The summed E-state index contributed by atoms with van der Waals surface area (Å²) < 4.78 is 2.02. The molecule has 4 rings (SSSR count). The number of carbonyl (C=O) groups excluding carboxylic acids is 1. The second-order valence-corrected chi connectivity index (χ2v) is 7.27. The van der Waals surface area contributed by atoms with Crippen molar-refractivity contribution in [3.8, 4) is 0 Å². The number of aryl methyl sites for hydroxylation is 2. The summed E-state index contributed by atoms with van der Waals surface area (Å²) >= 11 is 0. The Morgan fingerprint density at radius 2 is 2.00 bits per heavy atom. The smallest absolute Gasteiger partial charge is 0.257 e. The zero-order valence-corrected chi connectivity index (χ0v) is 15.1. The average molecular weight is 338 g/mol. The van der Waals surface area contributed by atoms with E-state index < -0.39 is 0 Å². The number of fused-ring (bicyclic) bond motifs is 1. The largest absolute Gasteiger partial charge is 0.367 e. The summed E-state index contributed by atoms with van der Waals surface area (Å²) in [6.45, 7) is 7.76. The van der Waals surface area contributed by atoms with Gasteiger partial charge in [-0.3, -0.25) is 9.48 Å². The number of rotatable bonds is 2. The minimum Gasteiger partial charge on any atom is -0.367 e. The lowest BCUT2D eigenvalue weighted by atomic mass is 10.0. The molecule has 0 bridgehead atoms. The standard InChI is InChI=1S/C20H26N4O/c1-15-7-3-4-8-18(15)22-11-12-23(16(2)14-22)20(25)17-13-21-24-10-6-5-9-19(17)24/h3-4,7-8,13,16H,5-6,9-12,14H2,1-2H3/t16-/m1/s1. The lowest BCUT2D eigenvalue weighted by molar-refractivity contribution is 0.0672. The van der Waals surface area contributed by atoms with E-state index in [4.69, 9.17) is 0 Å². The lowest BCUT2D eigenvalue weighted by Crippen LogP contribution is -2.54. The van der Waals surface area contributed by atoms with E-state index in [-0.39, 0.29) is 11.9 Å². The lowest BCUT2D eigenvalue weighted by Gasteiger charge is -2.41. The molecule has 2 aromatic rings. The number of hydrogen-bond acceptors (Lipinski definition) is 3. The van der Waals surface area contributed by atoms with Crippen LogP contribution in [0.4, 0.5) is 5.69 Å². The van der Waals surface area contributed by atoms with Crippen LogP contribution in [0, 0.1) is 6.92 Å². The van der Waals surface area contributed by atoms with Crippen LogP contribution in [0.2, 0.25) is 0 Å². The number of nitrogens with zero attached hydrogens (tertiary/aromatic N) is 4. The van der Waals surface area contributed by atoms with Gasteiger partial charge in [-0.05, 0) is 44.7 Å². The molecular weight excluding hydrogens is 312 g/mol. The maximum atomic E-state index is 13.1. The van der Waals surface area contributed by atoms with E-state index >= 15 is 0 Å². The molecule has 1 amide bonds. The monoisotopic (exact) mass is 338 g/mol. The molecule has 1 fully saturated rings. The van der Waals surface area contributed by atoms with E-state index in [9.17, 15) is 4.79 Å². The fourth-order valence-electron chi connectivity index (χ4n) is 4.15. The first-order valence-electron chi connectivity index (χ1n) is 9.31. The quantitative estimate of drug-likeness (QED) is 0.845. The summed E-state index contributed by atoms with van der Waals surface area (Å²) in [4.78, 5) is 17.5. The van der Waals surface area contributed by atoms with Gasteiger partial charge in [0.1, 0.15) is 0 Å². The number of hydrogen-bond donors (Lipinski definition) is 0. The van der Waals surface area contributed by atoms with Gasteiger partial charge in [0.05, 0.1) is 17.5 Å². The number of piperazine rings is 1. The molecule has 2 aliphatic rings. The van der Waals surface area contributed by atoms with E-state index in [1.165, 1.54) is 11.3 Å². The van der Waals surface area contributed by atoms with Gasteiger partial charge in [-0.1, -0.05) is 18.2 Å². The molecule has 0 radical (unpaired) electrons. The van der Waals surface area contributed by atoms with Gasteiger partial charge in [0.2, 0.25) is 0 Å². The Hall–Kier alpha value is -2.30. The van der Waals surface area contributed by atoms with Crippen LogP contribution in [-0.4, -0.2) is 46.3 Å². The highest BCUT2D eigenvalue weighted by Gasteiger charge is 2.31. The average Bonchev–Trinajstić information content (AvgIpc) is 3.05. The molecule has 0 spiro atoms.